The maximum Gasteiger partial charge on any atom is 0.264 e. The summed E-state index contributed by atoms with van der Waals surface area (Å²) in [6.45, 7) is 7.69. The first-order chi connectivity index (χ1) is 11.1. The van der Waals surface area contributed by atoms with Gasteiger partial charge in [0, 0.05) is 25.2 Å². The van der Waals surface area contributed by atoms with Crippen LogP contribution in [0.4, 0.5) is 0 Å². The number of carbonyl (C=O) groups excluding carboxylic acids is 1. The Kier molecular flexibility index (Phi) is 5.03. The topological polar surface area (TPSA) is 60.0 Å². The van der Waals surface area contributed by atoms with E-state index in [1.165, 1.54) is 0 Å². The Morgan fingerprint density at radius 2 is 1.91 bits per heavy atom. The van der Waals surface area contributed by atoms with Gasteiger partial charge in [0.2, 0.25) is 6.10 Å². The maximum absolute atomic E-state index is 12.4. The molecule has 6 nitrogen and oxygen atoms in total. The van der Waals surface area contributed by atoms with Crippen LogP contribution in [0.25, 0.3) is 0 Å². The Morgan fingerprint density at radius 1 is 1.22 bits per heavy atom. The SMILES string of the molecule is CC(NC(=O)C1COc2ccccc2O1)C(C)N1CCOCC1. The summed E-state index contributed by atoms with van der Waals surface area (Å²) >= 11 is 0. The Balaban J connectivity index is 1.54. The number of benzene rings is 1. The molecule has 23 heavy (non-hydrogen) atoms. The van der Waals surface area contributed by atoms with Gasteiger partial charge in [-0.05, 0) is 26.0 Å². The van der Waals surface area contributed by atoms with Crippen molar-refractivity contribution in [2.75, 3.05) is 32.9 Å². The van der Waals surface area contributed by atoms with Crippen molar-refractivity contribution in [1.82, 2.24) is 10.2 Å². The lowest BCUT2D eigenvalue weighted by Crippen LogP contribution is -2.55. The third-order valence-electron chi connectivity index (χ3n) is 4.52. The van der Waals surface area contributed by atoms with Gasteiger partial charge in [-0.3, -0.25) is 9.69 Å². The molecule has 3 unspecified atom stereocenters. The smallest absolute Gasteiger partial charge is 0.264 e. The molecule has 3 atom stereocenters. The lowest BCUT2D eigenvalue weighted by atomic mass is 10.1. The molecule has 1 aromatic carbocycles. The molecule has 0 spiro atoms. The Morgan fingerprint density at radius 3 is 2.65 bits per heavy atom. The lowest BCUT2D eigenvalue weighted by Gasteiger charge is -2.36. The molecule has 0 saturated carbocycles. The second-order valence-corrected chi connectivity index (χ2v) is 6.05. The molecule has 1 fully saturated rings. The monoisotopic (exact) mass is 320 g/mol. The predicted molar refractivity (Wildman–Crippen MR) is 85.8 cm³/mol. The van der Waals surface area contributed by atoms with Crippen LogP contribution in [0, 0.1) is 0 Å². The summed E-state index contributed by atoms with van der Waals surface area (Å²) in [5, 5.41) is 3.05. The molecule has 0 aromatic heterocycles. The normalized spacial score (nSPS) is 23.8. The molecule has 1 saturated heterocycles. The first-order valence-corrected chi connectivity index (χ1v) is 8.16. The molecule has 2 aliphatic heterocycles. The van der Waals surface area contributed by atoms with E-state index in [2.05, 4.69) is 17.1 Å². The van der Waals surface area contributed by atoms with Crippen molar-refractivity contribution in [1.29, 1.82) is 0 Å². The quantitative estimate of drug-likeness (QED) is 0.899. The van der Waals surface area contributed by atoms with Crippen molar-refractivity contribution in [3.63, 3.8) is 0 Å². The highest BCUT2D eigenvalue weighted by molar-refractivity contribution is 5.82. The number of hydrogen-bond acceptors (Lipinski definition) is 5. The van der Waals surface area contributed by atoms with Crippen molar-refractivity contribution in [3.05, 3.63) is 24.3 Å². The van der Waals surface area contributed by atoms with Crippen LogP contribution >= 0.6 is 0 Å². The van der Waals surface area contributed by atoms with Gasteiger partial charge in [0.25, 0.3) is 5.91 Å². The van der Waals surface area contributed by atoms with Gasteiger partial charge in [0.05, 0.1) is 13.2 Å². The van der Waals surface area contributed by atoms with Crippen molar-refractivity contribution in [2.45, 2.75) is 32.0 Å². The molecule has 2 heterocycles. The van der Waals surface area contributed by atoms with Crippen LogP contribution in [0.3, 0.4) is 0 Å². The summed E-state index contributed by atoms with van der Waals surface area (Å²) in [6.07, 6.45) is -0.607. The molecule has 1 amide bonds. The number of morpholine rings is 1. The minimum atomic E-state index is -0.607. The molecular weight excluding hydrogens is 296 g/mol. The van der Waals surface area contributed by atoms with Crippen molar-refractivity contribution in [3.8, 4) is 11.5 Å². The predicted octanol–water partition coefficient (Wildman–Crippen LogP) is 1.05. The Bertz CT molecular complexity index is 545. The number of amides is 1. The zero-order valence-electron chi connectivity index (χ0n) is 13.7. The van der Waals surface area contributed by atoms with E-state index in [9.17, 15) is 4.79 Å². The lowest BCUT2D eigenvalue weighted by molar-refractivity contribution is -0.131. The summed E-state index contributed by atoms with van der Waals surface area (Å²) in [5.74, 6) is 1.17. The Labute approximate surface area is 136 Å². The van der Waals surface area contributed by atoms with E-state index in [4.69, 9.17) is 14.2 Å². The third-order valence-corrected chi connectivity index (χ3v) is 4.52. The summed E-state index contributed by atoms with van der Waals surface area (Å²) < 4.78 is 16.7. The average molecular weight is 320 g/mol. The summed E-state index contributed by atoms with van der Waals surface area (Å²) in [4.78, 5) is 14.8. The highest BCUT2D eigenvalue weighted by atomic mass is 16.6. The van der Waals surface area contributed by atoms with Gasteiger partial charge in [-0.25, -0.2) is 0 Å². The highest BCUT2D eigenvalue weighted by Crippen LogP contribution is 2.30. The fourth-order valence-electron chi connectivity index (χ4n) is 2.89. The molecule has 0 aliphatic carbocycles. The van der Waals surface area contributed by atoms with E-state index in [-0.39, 0.29) is 24.6 Å². The molecule has 3 rings (SSSR count). The zero-order valence-corrected chi connectivity index (χ0v) is 13.7. The third kappa shape index (κ3) is 3.76. The zero-order chi connectivity index (χ0) is 16.2. The minimum absolute atomic E-state index is 0.0290. The molecule has 126 valence electrons. The highest BCUT2D eigenvalue weighted by Gasteiger charge is 2.30. The van der Waals surface area contributed by atoms with Crippen LogP contribution in [0.1, 0.15) is 13.8 Å². The van der Waals surface area contributed by atoms with Crippen molar-refractivity contribution in [2.24, 2.45) is 0 Å². The second-order valence-electron chi connectivity index (χ2n) is 6.05. The summed E-state index contributed by atoms with van der Waals surface area (Å²) in [5.41, 5.74) is 0. The molecule has 1 aromatic rings. The van der Waals surface area contributed by atoms with Crippen LogP contribution in [-0.4, -0.2) is 61.9 Å². The summed E-state index contributed by atoms with van der Waals surface area (Å²) in [6, 6.07) is 7.68. The van der Waals surface area contributed by atoms with Gasteiger partial charge in [-0.15, -0.1) is 0 Å². The van der Waals surface area contributed by atoms with Gasteiger partial charge in [-0.2, -0.15) is 0 Å². The maximum atomic E-state index is 12.4. The molecule has 0 bridgehead atoms. The van der Waals surface area contributed by atoms with E-state index < -0.39 is 6.10 Å². The molecular formula is C17H24N2O4. The number of fused-ring (bicyclic) bond motifs is 1. The number of rotatable bonds is 4. The summed E-state index contributed by atoms with van der Waals surface area (Å²) in [7, 11) is 0. The van der Waals surface area contributed by atoms with Crippen LogP contribution in [0.5, 0.6) is 11.5 Å². The van der Waals surface area contributed by atoms with Crippen molar-refractivity contribution >= 4 is 5.91 Å². The Hall–Kier alpha value is -1.79. The van der Waals surface area contributed by atoms with E-state index in [1.807, 2.05) is 31.2 Å². The molecule has 0 radical (unpaired) electrons. The number of nitrogens with zero attached hydrogens (tertiary/aromatic N) is 1. The largest absolute Gasteiger partial charge is 0.485 e. The fraction of sp³-hybridized carbons (Fsp3) is 0.588. The van der Waals surface area contributed by atoms with E-state index in [1.54, 1.807) is 0 Å². The number of carbonyl (C=O) groups is 1. The van der Waals surface area contributed by atoms with Crippen LogP contribution < -0.4 is 14.8 Å². The molecule has 1 N–H and O–H groups in total. The second kappa shape index (κ2) is 7.19. The standard InChI is InChI=1S/C17H24N2O4/c1-12(13(2)19-7-9-21-10-8-19)18-17(20)16-11-22-14-5-3-4-6-15(14)23-16/h3-6,12-13,16H,7-11H2,1-2H3,(H,18,20). The van der Waals surface area contributed by atoms with E-state index in [0.717, 1.165) is 26.3 Å². The van der Waals surface area contributed by atoms with Gasteiger partial charge in [0.1, 0.15) is 6.61 Å². The number of ether oxygens (including phenoxy) is 3. The van der Waals surface area contributed by atoms with Gasteiger partial charge in [0.15, 0.2) is 11.5 Å². The van der Waals surface area contributed by atoms with Gasteiger partial charge in [-0.1, -0.05) is 12.1 Å². The first-order valence-electron chi connectivity index (χ1n) is 8.16. The van der Waals surface area contributed by atoms with E-state index in [0.29, 0.717) is 11.5 Å². The van der Waals surface area contributed by atoms with Crippen molar-refractivity contribution < 1.29 is 19.0 Å². The van der Waals surface area contributed by atoms with Gasteiger partial charge >= 0.3 is 0 Å². The fourth-order valence-corrected chi connectivity index (χ4v) is 2.89. The number of nitrogens with one attached hydrogen (secondary N) is 1. The first kappa shape index (κ1) is 16.1. The number of hydrogen-bond donors (Lipinski definition) is 1. The van der Waals surface area contributed by atoms with Gasteiger partial charge < -0.3 is 19.5 Å². The van der Waals surface area contributed by atoms with Crippen LogP contribution in [-0.2, 0) is 9.53 Å². The minimum Gasteiger partial charge on any atom is -0.485 e. The van der Waals surface area contributed by atoms with Crippen LogP contribution in [0.2, 0.25) is 0 Å². The molecule has 2 aliphatic rings. The average Bonchev–Trinajstić information content (AvgIpc) is 2.61. The number of para-hydroxylation sites is 2. The van der Waals surface area contributed by atoms with E-state index >= 15 is 0 Å². The van der Waals surface area contributed by atoms with Crippen LogP contribution in [0.15, 0.2) is 24.3 Å². The molecule has 6 heteroatoms.